The highest BCUT2D eigenvalue weighted by atomic mass is 19.4. The van der Waals surface area contributed by atoms with Gasteiger partial charge in [0.2, 0.25) is 0 Å². The fourth-order valence-corrected chi connectivity index (χ4v) is 4.01. The number of aryl methyl sites for hydroxylation is 1. The molecule has 4 rings (SSSR count). The molecule has 0 bridgehead atoms. The molecule has 2 aromatic carbocycles. The molecule has 0 spiro atoms. The Hall–Kier alpha value is -3.39. The largest absolute Gasteiger partial charge is 0.486 e. The number of nitrogens with zero attached hydrogens (tertiary/aromatic N) is 2. The molecule has 0 unspecified atom stereocenters. The third kappa shape index (κ3) is 6.19. The molecular formula is C27H28F3N3O2. The third-order valence-electron chi connectivity index (χ3n) is 5.95. The Morgan fingerprint density at radius 2 is 1.86 bits per heavy atom. The number of benzene rings is 2. The molecule has 1 saturated heterocycles. The lowest BCUT2D eigenvalue weighted by atomic mass is 10.0. The number of amides is 1. The number of rotatable bonds is 8. The summed E-state index contributed by atoms with van der Waals surface area (Å²) < 4.78 is 44.1. The van der Waals surface area contributed by atoms with Crippen LogP contribution in [0.2, 0.25) is 0 Å². The van der Waals surface area contributed by atoms with E-state index >= 15 is 0 Å². The van der Waals surface area contributed by atoms with E-state index in [1.807, 2.05) is 44.2 Å². The first-order valence-electron chi connectivity index (χ1n) is 11.6. The van der Waals surface area contributed by atoms with Crippen molar-refractivity contribution in [3.8, 4) is 17.0 Å². The lowest BCUT2D eigenvalue weighted by Gasteiger charge is -2.39. The lowest BCUT2D eigenvalue weighted by Crippen LogP contribution is -2.53. The van der Waals surface area contributed by atoms with Crippen LogP contribution in [0.1, 0.15) is 40.4 Å². The van der Waals surface area contributed by atoms with Gasteiger partial charge in [0.05, 0.1) is 17.5 Å². The van der Waals surface area contributed by atoms with Crippen LogP contribution in [0, 0.1) is 6.92 Å². The smallest absolute Gasteiger partial charge is 0.416 e. The van der Waals surface area contributed by atoms with Crippen molar-refractivity contribution in [1.29, 1.82) is 0 Å². The molecule has 3 aromatic rings. The van der Waals surface area contributed by atoms with Gasteiger partial charge in [-0.05, 0) is 60.9 Å². The zero-order chi connectivity index (χ0) is 25.0. The first kappa shape index (κ1) is 24.7. The molecule has 1 aromatic heterocycles. The quantitative estimate of drug-likeness (QED) is 0.461. The number of carbonyl (C=O) groups excluding carboxylic acids is 1. The molecule has 0 radical (unpaired) electrons. The van der Waals surface area contributed by atoms with Crippen molar-refractivity contribution in [1.82, 2.24) is 15.2 Å². The van der Waals surface area contributed by atoms with Gasteiger partial charge in [-0.3, -0.25) is 14.7 Å². The van der Waals surface area contributed by atoms with Crippen LogP contribution in [-0.4, -0.2) is 41.5 Å². The van der Waals surface area contributed by atoms with E-state index in [1.54, 1.807) is 6.20 Å². The summed E-state index contributed by atoms with van der Waals surface area (Å²) in [5, 5.41) is 2.89. The second kappa shape index (κ2) is 10.5. The van der Waals surface area contributed by atoms with Crippen molar-refractivity contribution in [2.24, 2.45) is 0 Å². The number of pyridine rings is 1. The maximum atomic E-state index is 12.7. The highest BCUT2D eigenvalue weighted by Crippen LogP contribution is 2.30. The third-order valence-corrected chi connectivity index (χ3v) is 5.95. The van der Waals surface area contributed by atoms with Crippen LogP contribution in [0.5, 0.6) is 5.75 Å². The number of halogens is 3. The van der Waals surface area contributed by atoms with Crippen LogP contribution in [0.25, 0.3) is 11.3 Å². The van der Waals surface area contributed by atoms with Crippen molar-refractivity contribution in [3.63, 3.8) is 0 Å². The Labute approximate surface area is 202 Å². The highest BCUT2D eigenvalue weighted by Gasteiger charge is 2.31. The number of likely N-dealkylation sites (tertiary alicyclic amines) is 1. The van der Waals surface area contributed by atoms with Gasteiger partial charge in [0.15, 0.2) is 0 Å². The fourth-order valence-electron chi connectivity index (χ4n) is 4.01. The van der Waals surface area contributed by atoms with Crippen molar-refractivity contribution in [3.05, 3.63) is 83.0 Å². The monoisotopic (exact) mass is 483 g/mol. The van der Waals surface area contributed by atoms with Crippen LogP contribution < -0.4 is 10.1 Å². The minimum Gasteiger partial charge on any atom is -0.486 e. The summed E-state index contributed by atoms with van der Waals surface area (Å²) in [5.41, 5.74) is 3.47. The Morgan fingerprint density at radius 1 is 1.11 bits per heavy atom. The van der Waals surface area contributed by atoms with Crippen molar-refractivity contribution >= 4 is 5.91 Å². The second-order valence-electron chi connectivity index (χ2n) is 8.79. The molecule has 0 aliphatic carbocycles. The molecular weight excluding hydrogens is 455 g/mol. The number of alkyl halides is 3. The summed E-state index contributed by atoms with van der Waals surface area (Å²) >= 11 is 0. The standard InChI is InChI=1S/C27H28F3N3O2/c1-3-12-31-26(34)24-10-6-20(13-18(24)2)25-11-9-22(14-32-25)35-23-16-33(17-23)15-19-4-7-21(8-5-19)27(28,29)30/h4-11,13-14,23H,3,12,15-17H2,1-2H3,(H,31,34). The number of aromatic nitrogens is 1. The van der Waals surface area contributed by atoms with Crippen LogP contribution in [-0.2, 0) is 12.7 Å². The summed E-state index contributed by atoms with van der Waals surface area (Å²) in [7, 11) is 0. The molecule has 8 heteroatoms. The molecule has 184 valence electrons. The summed E-state index contributed by atoms with van der Waals surface area (Å²) in [6.07, 6.45) is -1.73. The SMILES string of the molecule is CCCNC(=O)c1ccc(-c2ccc(OC3CN(Cc4ccc(C(F)(F)F)cc4)C3)cn2)cc1C. The van der Waals surface area contributed by atoms with Crippen LogP contribution >= 0.6 is 0 Å². The van der Waals surface area contributed by atoms with Gasteiger partial charge in [0.1, 0.15) is 11.9 Å². The van der Waals surface area contributed by atoms with Gasteiger partial charge in [-0.15, -0.1) is 0 Å². The van der Waals surface area contributed by atoms with E-state index in [0.717, 1.165) is 40.9 Å². The zero-order valence-corrected chi connectivity index (χ0v) is 19.7. The van der Waals surface area contributed by atoms with E-state index < -0.39 is 11.7 Å². The van der Waals surface area contributed by atoms with Gasteiger partial charge >= 0.3 is 6.18 Å². The molecule has 5 nitrogen and oxygen atoms in total. The second-order valence-corrected chi connectivity index (χ2v) is 8.79. The molecule has 1 fully saturated rings. The summed E-state index contributed by atoms with van der Waals surface area (Å²) in [6.45, 7) is 6.55. The minimum absolute atomic E-state index is 0.0141. The van der Waals surface area contributed by atoms with E-state index in [4.69, 9.17) is 4.74 Å². The van der Waals surface area contributed by atoms with E-state index in [0.29, 0.717) is 37.5 Å². The maximum Gasteiger partial charge on any atom is 0.416 e. The first-order valence-corrected chi connectivity index (χ1v) is 11.6. The molecule has 0 saturated carbocycles. The van der Waals surface area contributed by atoms with E-state index in [-0.39, 0.29) is 12.0 Å². The highest BCUT2D eigenvalue weighted by molar-refractivity contribution is 5.96. The summed E-state index contributed by atoms with van der Waals surface area (Å²) in [5.74, 6) is 0.598. The Kier molecular flexibility index (Phi) is 7.40. The first-order chi connectivity index (χ1) is 16.7. The maximum absolute atomic E-state index is 12.7. The van der Waals surface area contributed by atoms with E-state index in [2.05, 4.69) is 15.2 Å². The average Bonchev–Trinajstić information content (AvgIpc) is 2.81. The number of carbonyl (C=O) groups is 1. The Morgan fingerprint density at radius 3 is 2.46 bits per heavy atom. The van der Waals surface area contributed by atoms with Gasteiger partial charge in [-0.25, -0.2) is 0 Å². The average molecular weight is 484 g/mol. The van der Waals surface area contributed by atoms with Crippen LogP contribution in [0.3, 0.4) is 0 Å². The van der Waals surface area contributed by atoms with Crippen LogP contribution in [0.4, 0.5) is 13.2 Å². The van der Waals surface area contributed by atoms with Crippen molar-refractivity contribution in [2.75, 3.05) is 19.6 Å². The molecule has 1 aliphatic rings. The predicted octanol–water partition coefficient (Wildman–Crippen LogP) is 5.48. The van der Waals surface area contributed by atoms with Crippen molar-refractivity contribution in [2.45, 2.75) is 39.1 Å². The molecule has 0 atom stereocenters. The van der Waals surface area contributed by atoms with Gasteiger partial charge in [-0.2, -0.15) is 13.2 Å². The van der Waals surface area contributed by atoms with E-state index in [1.165, 1.54) is 12.1 Å². The molecule has 35 heavy (non-hydrogen) atoms. The topological polar surface area (TPSA) is 54.5 Å². The predicted molar refractivity (Wildman–Crippen MR) is 128 cm³/mol. The van der Waals surface area contributed by atoms with E-state index in [9.17, 15) is 18.0 Å². The summed E-state index contributed by atoms with van der Waals surface area (Å²) in [4.78, 5) is 18.9. The van der Waals surface area contributed by atoms with Crippen molar-refractivity contribution < 1.29 is 22.7 Å². The van der Waals surface area contributed by atoms with Gasteiger partial charge in [0, 0.05) is 37.3 Å². The number of hydrogen-bond acceptors (Lipinski definition) is 4. The van der Waals surface area contributed by atoms with Gasteiger partial charge in [-0.1, -0.05) is 25.1 Å². The number of nitrogens with one attached hydrogen (secondary N) is 1. The lowest BCUT2D eigenvalue weighted by molar-refractivity contribution is -0.137. The number of hydrogen-bond donors (Lipinski definition) is 1. The molecule has 1 aliphatic heterocycles. The van der Waals surface area contributed by atoms with Gasteiger partial charge in [0.25, 0.3) is 5.91 Å². The molecule has 2 heterocycles. The van der Waals surface area contributed by atoms with Gasteiger partial charge < -0.3 is 10.1 Å². The molecule has 1 N–H and O–H groups in total. The minimum atomic E-state index is -4.31. The molecule has 1 amide bonds. The summed E-state index contributed by atoms with van der Waals surface area (Å²) in [6, 6.07) is 14.7. The Bertz CT molecular complexity index is 1160. The fraction of sp³-hybridized carbons (Fsp3) is 0.333. The van der Waals surface area contributed by atoms with Crippen LogP contribution in [0.15, 0.2) is 60.8 Å². The normalized spacial score (nSPS) is 14.4. The Balaban J connectivity index is 1.28. The zero-order valence-electron chi connectivity index (χ0n) is 19.7. The number of ether oxygens (including phenoxy) is 1.